The summed E-state index contributed by atoms with van der Waals surface area (Å²) in [5, 5.41) is 4.02. The van der Waals surface area contributed by atoms with Crippen LogP contribution in [0.2, 0.25) is 10.0 Å². The first-order chi connectivity index (χ1) is 26.1. The first-order valence-corrected chi connectivity index (χ1v) is 19.4. The average molecular weight is 846 g/mol. The minimum Gasteiger partial charge on any atom is -0.490 e. The van der Waals surface area contributed by atoms with Crippen molar-refractivity contribution in [1.82, 2.24) is 10.2 Å². The molecule has 1 aliphatic rings. The van der Waals surface area contributed by atoms with Gasteiger partial charge in [-0.05, 0) is 72.5 Å². The van der Waals surface area contributed by atoms with E-state index in [0.29, 0.717) is 43.9 Å². The zero-order valence-corrected chi connectivity index (χ0v) is 33.3. The lowest BCUT2D eigenvalue weighted by molar-refractivity contribution is -0.126. The second-order valence-corrected chi connectivity index (χ2v) is 14.2. The number of hydrogen-bond acceptors (Lipinski definition) is 6. The second-order valence-electron chi connectivity index (χ2n) is 11.6. The number of carbonyl (C=O) groups excluding carboxylic acids is 3. The molecule has 276 valence electrons. The van der Waals surface area contributed by atoms with Crippen LogP contribution in [-0.2, 0) is 21.0 Å². The van der Waals surface area contributed by atoms with Crippen molar-refractivity contribution in [2.24, 2.45) is 4.99 Å². The first-order valence-electron chi connectivity index (χ1n) is 16.8. The molecule has 1 heterocycles. The van der Waals surface area contributed by atoms with Crippen molar-refractivity contribution < 1.29 is 23.9 Å². The van der Waals surface area contributed by atoms with Crippen LogP contribution >= 0.6 is 50.9 Å². The number of nitrogens with zero attached hydrogens (tertiary/aromatic N) is 2. The first kappa shape index (κ1) is 40.3. The van der Waals surface area contributed by atoms with Crippen molar-refractivity contribution >= 4 is 79.9 Å². The van der Waals surface area contributed by atoms with Gasteiger partial charge in [0, 0.05) is 10.2 Å². The fraction of sp³-hybridized carbons (Fsp3) is 0.143. The van der Waals surface area contributed by atoms with Crippen LogP contribution in [0.4, 0.5) is 0 Å². The van der Waals surface area contributed by atoms with Crippen molar-refractivity contribution in [3.05, 3.63) is 170 Å². The molecule has 0 aromatic heterocycles. The Morgan fingerprint density at radius 2 is 1.63 bits per heavy atom. The molecule has 4 aromatic carbocycles. The highest BCUT2D eigenvalue weighted by atomic mass is 79.9. The van der Waals surface area contributed by atoms with Crippen LogP contribution < -0.4 is 14.8 Å². The van der Waals surface area contributed by atoms with E-state index >= 15 is 0 Å². The van der Waals surface area contributed by atoms with Gasteiger partial charge in [0.2, 0.25) is 5.91 Å². The van der Waals surface area contributed by atoms with Crippen LogP contribution in [0.25, 0.3) is 6.08 Å². The molecule has 0 saturated carbocycles. The number of allylic oxidation sites excluding steroid dienone is 4. The van der Waals surface area contributed by atoms with E-state index in [1.807, 2.05) is 73.7 Å². The Kier molecular flexibility index (Phi) is 14.5. The lowest BCUT2D eigenvalue weighted by Crippen LogP contribution is -2.42. The quantitative estimate of drug-likeness (QED) is 0.0772. The Balaban J connectivity index is 1.42. The number of ether oxygens (including phenoxy) is 2. The smallest absolute Gasteiger partial charge is 0.285 e. The Morgan fingerprint density at radius 3 is 2.24 bits per heavy atom. The summed E-state index contributed by atoms with van der Waals surface area (Å²) in [6.45, 7) is 7.86. The van der Waals surface area contributed by atoms with Gasteiger partial charge in [0.25, 0.3) is 11.8 Å². The number of thioether (sulfide) groups is 1. The number of amidine groups is 1. The normalized spacial score (nSPS) is 14.1. The third-order valence-corrected chi connectivity index (χ3v) is 10.3. The SMILES string of the molecule is C=C/C=C\C(=C/C)N1C(=O)/C(=C/c2cc(OCC)c(OCc3ccc(Cl)c(Cl)c3)cc2Br)C(=O)N=C1SCC(=O)NC(c1ccccc1)c1ccccc1. The van der Waals surface area contributed by atoms with Crippen LogP contribution in [0.3, 0.4) is 0 Å². The summed E-state index contributed by atoms with van der Waals surface area (Å²) >= 11 is 16.8. The largest absolute Gasteiger partial charge is 0.490 e. The van der Waals surface area contributed by atoms with E-state index in [9.17, 15) is 14.4 Å². The number of amides is 3. The Bertz CT molecular complexity index is 2120. The maximum absolute atomic E-state index is 14.3. The van der Waals surface area contributed by atoms with Gasteiger partial charge in [-0.1, -0.05) is 142 Å². The third-order valence-electron chi connectivity index (χ3n) is 7.95. The molecule has 5 rings (SSSR count). The lowest BCUT2D eigenvalue weighted by atomic mass is 9.99. The summed E-state index contributed by atoms with van der Waals surface area (Å²) in [5.74, 6) is -0.949. The predicted octanol–water partition coefficient (Wildman–Crippen LogP) is 10.1. The average Bonchev–Trinajstić information content (AvgIpc) is 3.18. The molecule has 12 heteroatoms. The fourth-order valence-corrected chi connectivity index (χ4v) is 6.95. The van der Waals surface area contributed by atoms with Gasteiger partial charge in [-0.3, -0.25) is 19.3 Å². The molecule has 0 unspecified atom stereocenters. The topological polar surface area (TPSA) is 97.3 Å². The zero-order chi connectivity index (χ0) is 38.6. The molecule has 54 heavy (non-hydrogen) atoms. The lowest BCUT2D eigenvalue weighted by Gasteiger charge is -2.28. The number of hydrogen-bond donors (Lipinski definition) is 1. The summed E-state index contributed by atoms with van der Waals surface area (Å²) in [7, 11) is 0. The number of nitrogens with one attached hydrogen (secondary N) is 1. The number of benzene rings is 4. The van der Waals surface area contributed by atoms with Crippen LogP contribution in [-0.4, -0.2) is 40.1 Å². The highest BCUT2D eigenvalue weighted by molar-refractivity contribution is 9.10. The van der Waals surface area contributed by atoms with Crippen LogP contribution in [0, 0.1) is 0 Å². The van der Waals surface area contributed by atoms with Gasteiger partial charge in [-0.25, -0.2) is 0 Å². The molecule has 0 bridgehead atoms. The van der Waals surface area contributed by atoms with Crippen molar-refractivity contribution in [1.29, 1.82) is 0 Å². The van der Waals surface area contributed by atoms with Gasteiger partial charge >= 0.3 is 0 Å². The van der Waals surface area contributed by atoms with Crippen LogP contribution in [0.5, 0.6) is 11.5 Å². The van der Waals surface area contributed by atoms with Crippen LogP contribution in [0.15, 0.2) is 143 Å². The molecule has 0 aliphatic carbocycles. The molecule has 0 radical (unpaired) electrons. The highest BCUT2D eigenvalue weighted by Crippen LogP contribution is 2.37. The molecular formula is C42H36BrCl2N3O5S. The van der Waals surface area contributed by atoms with E-state index in [1.54, 1.807) is 55.5 Å². The molecular weight excluding hydrogens is 809 g/mol. The number of rotatable bonds is 14. The minimum atomic E-state index is -0.751. The van der Waals surface area contributed by atoms with Crippen molar-refractivity contribution in [3.63, 3.8) is 0 Å². The number of aliphatic imine (C=N–C) groups is 1. The molecule has 1 aliphatic heterocycles. The van der Waals surface area contributed by atoms with Crippen molar-refractivity contribution in [3.8, 4) is 11.5 Å². The molecule has 1 N–H and O–H groups in total. The van der Waals surface area contributed by atoms with Crippen molar-refractivity contribution in [2.75, 3.05) is 12.4 Å². The summed E-state index contributed by atoms with van der Waals surface area (Å²) < 4.78 is 12.5. The molecule has 8 nitrogen and oxygen atoms in total. The second kappa shape index (κ2) is 19.5. The van der Waals surface area contributed by atoms with E-state index in [-0.39, 0.29) is 29.0 Å². The summed E-state index contributed by atoms with van der Waals surface area (Å²) in [6.07, 6.45) is 8.09. The van der Waals surface area contributed by atoms with E-state index in [1.165, 1.54) is 11.0 Å². The van der Waals surface area contributed by atoms with E-state index < -0.39 is 17.9 Å². The van der Waals surface area contributed by atoms with Gasteiger partial charge in [0.05, 0.1) is 28.4 Å². The Hall–Kier alpha value is -4.87. The Labute approximate surface area is 337 Å². The molecule has 3 amide bonds. The molecule has 4 aromatic rings. The predicted molar refractivity (Wildman–Crippen MR) is 222 cm³/mol. The van der Waals surface area contributed by atoms with Gasteiger partial charge < -0.3 is 14.8 Å². The zero-order valence-electron chi connectivity index (χ0n) is 29.4. The summed E-state index contributed by atoms with van der Waals surface area (Å²) in [4.78, 5) is 47.0. The standard InChI is InChI=1S/C42H36BrCl2N3O5S/c1-4-7-18-31(5-2)48-41(51)32(22-30-23-36(52-6-3)37(24-33(30)43)53-25-27-19-20-34(44)35(45)21-27)40(50)47-42(48)54-26-38(49)46-39(28-14-10-8-11-15-28)29-16-12-9-13-17-29/h4-5,7-24,39H,1,6,25-26H2,2-3H3,(H,46,49)/b18-7-,31-5+,32-22+. The maximum atomic E-state index is 14.3. The van der Waals surface area contributed by atoms with Gasteiger partial charge in [0.1, 0.15) is 12.2 Å². The monoisotopic (exact) mass is 843 g/mol. The number of halogens is 3. The number of carbonyl (C=O) groups is 3. The highest BCUT2D eigenvalue weighted by Gasteiger charge is 2.35. The molecule has 0 saturated heterocycles. The molecule has 0 spiro atoms. The Morgan fingerprint density at radius 1 is 0.963 bits per heavy atom. The van der Waals surface area contributed by atoms with Crippen molar-refractivity contribution in [2.45, 2.75) is 26.5 Å². The van der Waals surface area contributed by atoms with E-state index in [0.717, 1.165) is 28.5 Å². The molecule has 0 fully saturated rings. The summed E-state index contributed by atoms with van der Waals surface area (Å²) in [5.41, 5.74) is 3.37. The van der Waals surface area contributed by atoms with E-state index in [2.05, 4.69) is 32.8 Å². The van der Waals surface area contributed by atoms with Crippen LogP contribution in [0.1, 0.15) is 42.1 Å². The van der Waals surface area contributed by atoms with E-state index in [4.69, 9.17) is 32.7 Å². The third kappa shape index (κ3) is 10.2. The summed E-state index contributed by atoms with van der Waals surface area (Å²) in [6, 6.07) is 27.5. The van der Waals surface area contributed by atoms with Gasteiger partial charge in [-0.15, -0.1) is 0 Å². The maximum Gasteiger partial charge on any atom is 0.285 e. The van der Waals surface area contributed by atoms with Gasteiger partial charge in [0.15, 0.2) is 16.7 Å². The minimum absolute atomic E-state index is 0.0650. The molecule has 0 atom stereocenters. The van der Waals surface area contributed by atoms with Gasteiger partial charge in [-0.2, -0.15) is 4.99 Å². The fourth-order valence-electron chi connectivity index (χ4n) is 5.38.